The van der Waals surface area contributed by atoms with Crippen molar-refractivity contribution in [2.45, 2.75) is 290 Å². The lowest BCUT2D eigenvalue weighted by molar-refractivity contribution is -0.167. The van der Waals surface area contributed by atoms with Crippen LogP contribution in [-0.2, 0) is 28.6 Å². The molecule has 0 amide bonds. The minimum atomic E-state index is -0.786. The maximum Gasteiger partial charge on any atom is 0.306 e. The van der Waals surface area contributed by atoms with E-state index in [9.17, 15) is 14.4 Å². The number of carbonyl (C=O) groups is 3. The number of carbonyl (C=O) groups excluding carboxylic acids is 3. The molecule has 0 aromatic rings. The fourth-order valence-electron chi connectivity index (χ4n) is 8.49. The second-order valence-electron chi connectivity index (χ2n) is 20.6. The summed E-state index contributed by atoms with van der Waals surface area (Å²) in [7, 11) is 0. The van der Waals surface area contributed by atoms with Gasteiger partial charge in [-0.3, -0.25) is 14.4 Å². The van der Waals surface area contributed by atoms with Crippen LogP contribution in [0.1, 0.15) is 284 Å². The fourth-order valence-corrected chi connectivity index (χ4v) is 8.49. The van der Waals surface area contributed by atoms with Crippen molar-refractivity contribution in [3.8, 4) is 0 Å². The Bertz CT molecular complexity index is 1590. The molecule has 0 aromatic heterocycles. The van der Waals surface area contributed by atoms with Crippen molar-refractivity contribution in [2.75, 3.05) is 13.2 Å². The van der Waals surface area contributed by atoms with Gasteiger partial charge in [0.15, 0.2) is 6.10 Å². The average Bonchev–Trinajstić information content (AvgIpc) is 3.42. The van der Waals surface area contributed by atoms with Crippen molar-refractivity contribution >= 4 is 17.9 Å². The molecule has 0 saturated carbocycles. The zero-order valence-electron chi connectivity index (χ0n) is 49.5. The van der Waals surface area contributed by atoms with Gasteiger partial charge in [-0.1, -0.05) is 271 Å². The van der Waals surface area contributed by atoms with Gasteiger partial charge in [0.25, 0.3) is 0 Å². The van der Waals surface area contributed by atoms with Gasteiger partial charge < -0.3 is 14.2 Å². The summed E-state index contributed by atoms with van der Waals surface area (Å²) in [4.78, 5) is 38.0. The second-order valence-corrected chi connectivity index (χ2v) is 20.6. The molecule has 0 aliphatic carbocycles. The van der Waals surface area contributed by atoms with Gasteiger partial charge in [-0.15, -0.1) is 0 Å². The Balaban J connectivity index is 4.17. The smallest absolute Gasteiger partial charge is 0.306 e. The van der Waals surface area contributed by atoms with E-state index in [4.69, 9.17) is 14.2 Å². The van der Waals surface area contributed by atoms with E-state index in [1.54, 1.807) is 0 Å². The second kappa shape index (κ2) is 63.3. The molecule has 0 spiro atoms. The van der Waals surface area contributed by atoms with E-state index in [0.29, 0.717) is 19.3 Å². The SMILES string of the molecule is CC/C=C\C/C=C\C/C=C\C/C=C\C/C=C\C/C=C\C/C=C\C/C=C\CCCCCCCCC(=O)OCC(COC(=O)CCCCCCCC)OC(=O)CCCCCCCCCCC/C=C\C/C=C\CCCCCCC. The lowest BCUT2D eigenvalue weighted by Crippen LogP contribution is -2.30. The molecule has 76 heavy (non-hydrogen) atoms. The first-order valence-corrected chi connectivity index (χ1v) is 31.5. The summed E-state index contributed by atoms with van der Waals surface area (Å²) < 4.78 is 16.8. The molecule has 0 aliphatic heterocycles. The van der Waals surface area contributed by atoms with Crippen molar-refractivity contribution in [3.63, 3.8) is 0 Å². The third-order valence-electron chi connectivity index (χ3n) is 13.2. The number of rotatable bonds is 56. The van der Waals surface area contributed by atoms with E-state index in [0.717, 1.165) is 128 Å². The van der Waals surface area contributed by atoms with E-state index >= 15 is 0 Å². The average molecular weight is 1050 g/mol. The van der Waals surface area contributed by atoms with Crippen LogP contribution in [0, 0.1) is 0 Å². The maximum absolute atomic E-state index is 12.8. The first-order chi connectivity index (χ1) is 37.5. The van der Waals surface area contributed by atoms with Crippen molar-refractivity contribution < 1.29 is 28.6 Å². The Hall–Kier alpha value is -4.19. The molecular formula is C70H116O6. The summed E-state index contributed by atoms with van der Waals surface area (Å²) in [6, 6.07) is 0. The van der Waals surface area contributed by atoms with Gasteiger partial charge in [-0.05, 0) is 116 Å². The number of esters is 3. The predicted molar refractivity (Wildman–Crippen MR) is 330 cm³/mol. The molecule has 1 unspecified atom stereocenters. The van der Waals surface area contributed by atoms with Crippen molar-refractivity contribution in [3.05, 3.63) is 122 Å². The van der Waals surface area contributed by atoms with Crippen LogP contribution in [0.15, 0.2) is 122 Å². The van der Waals surface area contributed by atoms with Crippen molar-refractivity contribution in [1.29, 1.82) is 0 Å². The van der Waals surface area contributed by atoms with Gasteiger partial charge in [0, 0.05) is 19.3 Å². The van der Waals surface area contributed by atoms with Crippen molar-refractivity contribution in [2.24, 2.45) is 0 Å². The number of hydrogen-bond donors (Lipinski definition) is 0. The molecule has 0 bridgehead atoms. The summed E-state index contributed by atoms with van der Waals surface area (Å²) in [5.41, 5.74) is 0. The van der Waals surface area contributed by atoms with Gasteiger partial charge >= 0.3 is 17.9 Å². The van der Waals surface area contributed by atoms with E-state index in [1.807, 2.05) is 0 Å². The third-order valence-corrected chi connectivity index (χ3v) is 13.2. The Kier molecular flexibility index (Phi) is 59.9. The van der Waals surface area contributed by atoms with E-state index in [-0.39, 0.29) is 31.1 Å². The molecule has 6 nitrogen and oxygen atoms in total. The highest BCUT2D eigenvalue weighted by molar-refractivity contribution is 5.71. The normalized spacial score (nSPS) is 12.9. The van der Waals surface area contributed by atoms with Crippen LogP contribution in [-0.4, -0.2) is 37.2 Å². The van der Waals surface area contributed by atoms with Crippen LogP contribution in [0.4, 0.5) is 0 Å². The summed E-state index contributed by atoms with van der Waals surface area (Å²) in [6.45, 7) is 6.45. The molecule has 0 saturated heterocycles. The van der Waals surface area contributed by atoms with Crippen LogP contribution in [0.5, 0.6) is 0 Å². The van der Waals surface area contributed by atoms with Crippen LogP contribution in [0.25, 0.3) is 0 Å². The molecule has 0 aliphatic rings. The van der Waals surface area contributed by atoms with E-state index in [2.05, 4.69) is 142 Å². The fraction of sp³-hybridized carbons (Fsp3) is 0.671. The zero-order chi connectivity index (χ0) is 55.0. The lowest BCUT2D eigenvalue weighted by Gasteiger charge is -2.18. The largest absolute Gasteiger partial charge is 0.462 e. The Morgan fingerprint density at radius 3 is 0.803 bits per heavy atom. The summed E-state index contributed by atoms with van der Waals surface area (Å²) >= 11 is 0. The molecule has 6 heteroatoms. The van der Waals surface area contributed by atoms with E-state index < -0.39 is 6.10 Å². The molecule has 0 N–H and O–H groups in total. The van der Waals surface area contributed by atoms with Gasteiger partial charge in [0.2, 0.25) is 0 Å². The predicted octanol–water partition coefficient (Wildman–Crippen LogP) is 21.6. The number of allylic oxidation sites excluding steroid dienone is 20. The standard InChI is InChI=1S/C70H116O6/c1-4-7-10-13-16-18-20-22-24-26-28-30-31-32-33-34-35-36-37-38-39-41-42-44-46-48-50-52-54-57-60-63-69(72)75-66-67(65-74-68(71)62-59-56-15-12-9-6-3)76-70(73)64-61-58-55-53-51-49-47-45-43-40-29-27-25-23-21-19-17-14-11-8-5-2/h7,10,16,18,21-24,27-30,32-33,35-36,38-39,42,44,67H,4-6,8-9,11-15,17,19-20,25-26,31,34,37,40-41,43,45-66H2,1-3H3/b10-7-,18-16-,23-21-,24-22-,29-27-,30-28-,33-32-,36-35-,39-38-,44-42-. The molecule has 0 radical (unpaired) electrons. The summed E-state index contributed by atoms with van der Waals surface area (Å²) in [6.07, 6.45) is 88.0. The quantitative estimate of drug-likeness (QED) is 0.0261. The minimum Gasteiger partial charge on any atom is -0.462 e. The van der Waals surface area contributed by atoms with Gasteiger partial charge in [-0.2, -0.15) is 0 Å². The third kappa shape index (κ3) is 60.7. The first-order valence-electron chi connectivity index (χ1n) is 31.5. The van der Waals surface area contributed by atoms with Gasteiger partial charge in [0.1, 0.15) is 13.2 Å². The molecule has 0 heterocycles. The highest BCUT2D eigenvalue weighted by atomic mass is 16.6. The van der Waals surface area contributed by atoms with Crippen molar-refractivity contribution in [1.82, 2.24) is 0 Å². The Morgan fingerprint density at radius 2 is 0.513 bits per heavy atom. The topological polar surface area (TPSA) is 78.9 Å². The van der Waals surface area contributed by atoms with E-state index in [1.165, 1.54) is 116 Å². The van der Waals surface area contributed by atoms with Crippen LogP contribution in [0.2, 0.25) is 0 Å². The van der Waals surface area contributed by atoms with Gasteiger partial charge in [-0.25, -0.2) is 0 Å². The molecule has 1 atom stereocenters. The molecular weight excluding hydrogens is 937 g/mol. The number of hydrogen-bond acceptors (Lipinski definition) is 6. The minimum absolute atomic E-state index is 0.0857. The number of unbranched alkanes of at least 4 members (excludes halogenated alkanes) is 25. The maximum atomic E-state index is 12.8. The van der Waals surface area contributed by atoms with Gasteiger partial charge in [0.05, 0.1) is 0 Å². The Morgan fingerprint density at radius 1 is 0.276 bits per heavy atom. The first kappa shape index (κ1) is 71.8. The zero-order valence-corrected chi connectivity index (χ0v) is 49.5. The molecule has 0 fully saturated rings. The molecule has 0 aromatic carbocycles. The summed E-state index contributed by atoms with van der Waals surface area (Å²) in [5.74, 6) is -0.913. The highest BCUT2D eigenvalue weighted by Gasteiger charge is 2.19. The highest BCUT2D eigenvalue weighted by Crippen LogP contribution is 2.15. The Labute approximate surface area is 469 Å². The van der Waals surface area contributed by atoms with Crippen LogP contribution >= 0.6 is 0 Å². The van der Waals surface area contributed by atoms with Crippen LogP contribution < -0.4 is 0 Å². The lowest BCUT2D eigenvalue weighted by atomic mass is 10.1. The molecule has 0 rings (SSSR count). The van der Waals surface area contributed by atoms with Crippen LogP contribution in [0.3, 0.4) is 0 Å². The number of ether oxygens (including phenoxy) is 3. The summed E-state index contributed by atoms with van der Waals surface area (Å²) in [5, 5.41) is 0. The molecule has 432 valence electrons. The monoisotopic (exact) mass is 1050 g/mol.